The molecule has 1 aliphatic heterocycles. The fourth-order valence-electron chi connectivity index (χ4n) is 6.58. The fourth-order valence-corrected chi connectivity index (χ4v) is 7.23. The smallest absolute Gasteiger partial charge is 0.219 e. The summed E-state index contributed by atoms with van der Waals surface area (Å²) in [4.78, 5) is 9.49. The normalized spacial score (nSPS) is 18.4. The Morgan fingerprint density at radius 2 is 1.18 bits per heavy atom. The number of ether oxygens (including phenoxy) is 2. The number of rotatable bonds is 9. The first kappa shape index (κ1) is 30.8. The lowest BCUT2D eigenvalue weighted by atomic mass is 9.94. The van der Waals surface area contributed by atoms with Gasteiger partial charge >= 0.3 is 0 Å². The molecule has 3 heterocycles. The van der Waals surface area contributed by atoms with Crippen molar-refractivity contribution in [2.24, 2.45) is 5.92 Å². The highest BCUT2D eigenvalue weighted by Crippen LogP contribution is 2.44. The average molecular weight is 635 g/mol. The molecule has 6 rings (SSSR count). The molecule has 2 aliphatic rings. The number of hydrogen-bond donors (Lipinski definition) is 3. The number of aliphatic hydroxyl groups excluding tert-OH is 2. The van der Waals surface area contributed by atoms with E-state index >= 15 is 0 Å². The molecule has 0 amide bonds. The van der Waals surface area contributed by atoms with Crippen LogP contribution in [-0.2, 0) is 0 Å². The maximum Gasteiger partial charge on any atom is 0.219 e. The zero-order valence-corrected chi connectivity index (χ0v) is 26.4. The number of nitrogens with one attached hydrogen (secondary N) is 1. The molecule has 0 bridgehead atoms. The number of nitrogens with zero attached hydrogens (tertiary/aromatic N) is 2. The molecule has 3 atom stereocenters. The van der Waals surface area contributed by atoms with Gasteiger partial charge in [0.2, 0.25) is 11.8 Å². The molecular formula is C35H37Cl2N3O4. The summed E-state index contributed by atoms with van der Waals surface area (Å²) in [6.07, 6.45) is 4.88. The van der Waals surface area contributed by atoms with E-state index in [9.17, 15) is 10.2 Å². The summed E-state index contributed by atoms with van der Waals surface area (Å²) >= 11 is 14.1. The SMILES string of the molecule is COc1nc(-c2cccc(-c3cccc(-c4ccc([C@@H](O)[C@H]5CCCN5)c(OC)n4)c3Cl)c2Cl)ccc1[C@@H](O)C1CCCC1. The second kappa shape index (κ2) is 13.4. The standard InChI is InChI=1S/C35H37Cl2N3O4/c1-43-34-25(32(41)20-8-3-4-9-20)15-17-27(39-34)23-12-5-10-21(30(23)36)22-11-6-13-24(31(22)37)28-18-16-26(35(40-28)44-2)33(42)29-14-7-19-38-29/h5-6,10-13,15-18,20,29,32-33,38,41-42H,3-4,7-9,14,19H2,1-2H3/t29-,32+,33-/m1/s1. The van der Waals surface area contributed by atoms with Crippen molar-refractivity contribution >= 4 is 23.2 Å². The summed E-state index contributed by atoms with van der Waals surface area (Å²) in [5.41, 5.74) is 5.54. The Kier molecular flexibility index (Phi) is 9.40. The van der Waals surface area contributed by atoms with Gasteiger partial charge in [-0.25, -0.2) is 9.97 Å². The van der Waals surface area contributed by atoms with E-state index in [2.05, 4.69) is 5.32 Å². The van der Waals surface area contributed by atoms with E-state index in [0.29, 0.717) is 49.9 Å². The van der Waals surface area contributed by atoms with Crippen molar-refractivity contribution in [1.82, 2.24) is 15.3 Å². The van der Waals surface area contributed by atoms with Crippen LogP contribution < -0.4 is 14.8 Å². The third kappa shape index (κ3) is 5.92. The van der Waals surface area contributed by atoms with E-state index in [1.165, 1.54) is 0 Å². The van der Waals surface area contributed by atoms with Crippen LogP contribution in [0.5, 0.6) is 11.8 Å². The van der Waals surface area contributed by atoms with Crippen LogP contribution in [0, 0.1) is 5.92 Å². The Balaban J connectivity index is 1.33. The Hall–Kier alpha value is -3.20. The second-order valence-corrected chi connectivity index (χ2v) is 12.3. The predicted octanol–water partition coefficient (Wildman–Crippen LogP) is 7.81. The number of hydrogen-bond acceptors (Lipinski definition) is 7. The molecule has 0 unspecified atom stereocenters. The van der Waals surface area contributed by atoms with Crippen molar-refractivity contribution in [3.05, 3.63) is 81.8 Å². The quantitative estimate of drug-likeness (QED) is 0.173. The minimum atomic E-state index is -0.718. The van der Waals surface area contributed by atoms with E-state index in [4.69, 9.17) is 42.6 Å². The van der Waals surface area contributed by atoms with Gasteiger partial charge in [0.05, 0.1) is 47.9 Å². The lowest BCUT2D eigenvalue weighted by molar-refractivity contribution is 0.108. The van der Waals surface area contributed by atoms with Gasteiger partial charge in [0.15, 0.2) is 0 Å². The van der Waals surface area contributed by atoms with Crippen LogP contribution in [-0.4, -0.2) is 47.0 Å². The van der Waals surface area contributed by atoms with Crippen LogP contribution >= 0.6 is 23.2 Å². The molecule has 4 aromatic rings. The average Bonchev–Trinajstić information content (AvgIpc) is 3.80. The molecule has 9 heteroatoms. The van der Waals surface area contributed by atoms with E-state index in [-0.39, 0.29) is 12.0 Å². The molecule has 230 valence electrons. The van der Waals surface area contributed by atoms with Crippen LogP contribution in [0.1, 0.15) is 61.9 Å². The Labute approximate surface area is 268 Å². The van der Waals surface area contributed by atoms with Crippen molar-refractivity contribution in [3.8, 4) is 45.4 Å². The minimum absolute atomic E-state index is 0.0269. The van der Waals surface area contributed by atoms with E-state index < -0.39 is 12.2 Å². The van der Waals surface area contributed by atoms with Crippen LogP contribution in [0.15, 0.2) is 60.7 Å². The van der Waals surface area contributed by atoms with Crippen molar-refractivity contribution in [2.45, 2.75) is 56.8 Å². The molecule has 2 aromatic carbocycles. The summed E-state index contributed by atoms with van der Waals surface area (Å²) in [7, 11) is 3.13. The Bertz CT molecular complexity index is 1520. The number of methoxy groups -OCH3 is 2. The first-order valence-corrected chi connectivity index (χ1v) is 15.9. The van der Waals surface area contributed by atoms with E-state index in [0.717, 1.165) is 61.8 Å². The van der Waals surface area contributed by atoms with Crippen molar-refractivity contribution in [3.63, 3.8) is 0 Å². The molecule has 1 aliphatic carbocycles. The molecule has 1 saturated heterocycles. The highest BCUT2D eigenvalue weighted by Gasteiger charge is 2.29. The molecule has 0 radical (unpaired) electrons. The third-order valence-electron chi connectivity index (χ3n) is 8.97. The van der Waals surface area contributed by atoms with Gasteiger partial charge in [-0.15, -0.1) is 0 Å². The van der Waals surface area contributed by atoms with Gasteiger partial charge in [-0.3, -0.25) is 0 Å². The third-order valence-corrected chi connectivity index (χ3v) is 9.78. The van der Waals surface area contributed by atoms with Crippen molar-refractivity contribution in [2.75, 3.05) is 20.8 Å². The summed E-state index contributed by atoms with van der Waals surface area (Å²) in [5.74, 6) is 0.991. The topological polar surface area (TPSA) is 96.7 Å². The van der Waals surface area contributed by atoms with Gasteiger partial charge < -0.3 is 25.0 Å². The molecule has 2 aromatic heterocycles. The highest BCUT2D eigenvalue weighted by molar-refractivity contribution is 6.39. The van der Waals surface area contributed by atoms with Crippen molar-refractivity contribution < 1.29 is 19.7 Å². The molecule has 3 N–H and O–H groups in total. The number of halogens is 2. The Morgan fingerprint density at radius 3 is 1.66 bits per heavy atom. The fraction of sp³-hybridized carbons (Fsp3) is 0.371. The van der Waals surface area contributed by atoms with Crippen molar-refractivity contribution in [1.29, 1.82) is 0 Å². The summed E-state index contributed by atoms with van der Waals surface area (Å²) in [6, 6.07) is 19.0. The van der Waals surface area contributed by atoms with Gasteiger partial charge in [-0.1, -0.05) is 72.4 Å². The van der Waals surface area contributed by atoms with Gasteiger partial charge in [0.25, 0.3) is 0 Å². The van der Waals surface area contributed by atoms with E-state index in [1.807, 2.05) is 60.7 Å². The maximum absolute atomic E-state index is 11.0. The van der Waals surface area contributed by atoms with Gasteiger partial charge in [0.1, 0.15) is 0 Å². The highest BCUT2D eigenvalue weighted by atomic mass is 35.5. The van der Waals surface area contributed by atoms with Crippen LogP contribution in [0.25, 0.3) is 33.6 Å². The molecular weight excluding hydrogens is 597 g/mol. The molecule has 7 nitrogen and oxygen atoms in total. The zero-order valence-electron chi connectivity index (χ0n) is 24.9. The van der Waals surface area contributed by atoms with Gasteiger partial charge in [0, 0.05) is 39.4 Å². The monoisotopic (exact) mass is 633 g/mol. The number of aromatic nitrogens is 2. The van der Waals surface area contributed by atoms with Crippen LogP contribution in [0.2, 0.25) is 10.0 Å². The molecule has 0 spiro atoms. The maximum atomic E-state index is 11.0. The van der Waals surface area contributed by atoms with Crippen LogP contribution in [0.4, 0.5) is 0 Å². The Morgan fingerprint density at radius 1 is 0.682 bits per heavy atom. The molecule has 44 heavy (non-hydrogen) atoms. The first-order chi connectivity index (χ1) is 21.4. The summed E-state index contributed by atoms with van der Waals surface area (Å²) in [5, 5.41) is 26.3. The predicted molar refractivity (Wildman–Crippen MR) is 174 cm³/mol. The summed E-state index contributed by atoms with van der Waals surface area (Å²) in [6.45, 7) is 0.889. The lowest BCUT2D eigenvalue weighted by Gasteiger charge is -2.21. The number of pyridine rings is 2. The largest absolute Gasteiger partial charge is 0.481 e. The van der Waals surface area contributed by atoms with Gasteiger partial charge in [-0.05, 0) is 62.4 Å². The van der Waals surface area contributed by atoms with Gasteiger partial charge in [-0.2, -0.15) is 0 Å². The zero-order chi connectivity index (χ0) is 30.8. The van der Waals surface area contributed by atoms with E-state index in [1.54, 1.807) is 14.2 Å². The number of aliphatic hydroxyl groups is 2. The minimum Gasteiger partial charge on any atom is -0.481 e. The number of benzene rings is 2. The summed E-state index contributed by atoms with van der Waals surface area (Å²) < 4.78 is 11.2. The van der Waals surface area contributed by atoms with Crippen LogP contribution in [0.3, 0.4) is 0 Å². The lowest BCUT2D eigenvalue weighted by Crippen LogP contribution is -2.29. The second-order valence-electron chi connectivity index (χ2n) is 11.6. The first-order valence-electron chi connectivity index (χ1n) is 15.2. The molecule has 1 saturated carbocycles. The molecule has 2 fully saturated rings.